The Kier molecular flexibility index (Phi) is 7.65. The molecule has 0 spiro atoms. The van der Waals surface area contributed by atoms with Gasteiger partial charge in [-0.15, -0.1) is 0 Å². The quantitative estimate of drug-likeness (QED) is 0.360. The van der Waals surface area contributed by atoms with E-state index in [0.29, 0.717) is 29.7 Å². The van der Waals surface area contributed by atoms with E-state index in [0.717, 1.165) is 12.2 Å². The van der Waals surface area contributed by atoms with Gasteiger partial charge in [-0.2, -0.15) is 5.10 Å². The highest BCUT2D eigenvalue weighted by Crippen LogP contribution is 2.18. The molecule has 7 nitrogen and oxygen atoms in total. The summed E-state index contributed by atoms with van der Waals surface area (Å²) >= 11 is 0. The lowest BCUT2D eigenvalue weighted by Gasteiger charge is -2.12. The van der Waals surface area contributed by atoms with Crippen molar-refractivity contribution in [1.82, 2.24) is 9.78 Å². The number of esters is 1. The summed E-state index contributed by atoms with van der Waals surface area (Å²) in [7, 11) is 0. The average Bonchev–Trinajstić information content (AvgIpc) is 2.77. The Labute approximate surface area is 181 Å². The third kappa shape index (κ3) is 5.84. The van der Waals surface area contributed by atoms with Crippen molar-refractivity contribution in [2.45, 2.75) is 33.7 Å². The first-order valence-corrected chi connectivity index (χ1v) is 10.5. The van der Waals surface area contributed by atoms with Crippen LogP contribution in [-0.4, -0.2) is 35.6 Å². The molecule has 3 aromatic rings. The van der Waals surface area contributed by atoms with Crippen LogP contribution in [0.3, 0.4) is 0 Å². The van der Waals surface area contributed by atoms with Crippen molar-refractivity contribution >= 4 is 16.7 Å². The van der Waals surface area contributed by atoms with Crippen LogP contribution in [0.1, 0.15) is 37.7 Å². The molecule has 2 aromatic carbocycles. The Morgan fingerprint density at radius 3 is 2.16 bits per heavy atom. The third-order valence-corrected chi connectivity index (χ3v) is 4.48. The second kappa shape index (κ2) is 10.6. The van der Waals surface area contributed by atoms with Gasteiger partial charge in [0.1, 0.15) is 24.7 Å². The summed E-state index contributed by atoms with van der Waals surface area (Å²) in [6, 6.07) is 14.2. The van der Waals surface area contributed by atoms with Gasteiger partial charge < -0.3 is 14.2 Å². The first-order chi connectivity index (χ1) is 15.0. The fourth-order valence-electron chi connectivity index (χ4n) is 3.07. The molecule has 0 aliphatic heterocycles. The molecule has 164 valence electrons. The van der Waals surface area contributed by atoms with E-state index in [4.69, 9.17) is 14.2 Å². The van der Waals surface area contributed by atoms with Crippen molar-refractivity contribution in [3.8, 4) is 11.5 Å². The maximum absolute atomic E-state index is 12.7. The van der Waals surface area contributed by atoms with Gasteiger partial charge in [0.25, 0.3) is 5.56 Å². The van der Waals surface area contributed by atoms with Gasteiger partial charge >= 0.3 is 5.97 Å². The Morgan fingerprint density at radius 2 is 1.55 bits per heavy atom. The Bertz CT molecular complexity index is 1070. The minimum absolute atomic E-state index is 0.0617. The van der Waals surface area contributed by atoms with Crippen LogP contribution in [0.5, 0.6) is 11.5 Å². The minimum Gasteiger partial charge on any atom is -0.494 e. The van der Waals surface area contributed by atoms with Crippen molar-refractivity contribution in [2.24, 2.45) is 5.92 Å². The predicted molar refractivity (Wildman–Crippen MR) is 119 cm³/mol. The monoisotopic (exact) mass is 424 g/mol. The molecule has 0 radical (unpaired) electrons. The normalized spacial score (nSPS) is 11.0. The zero-order valence-electron chi connectivity index (χ0n) is 18.2. The zero-order valence-corrected chi connectivity index (χ0v) is 18.2. The van der Waals surface area contributed by atoms with E-state index in [2.05, 4.69) is 12.0 Å². The second-order valence-electron chi connectivity index (χ2n) is 7.58. The van der Waals surface area contributed by atoms with Crippen LogP contribution >= 0.6 is 0 Å². The SMILES string of the molecule is CCCOc1ccc(OCCOC(=O)c2nn(CC(C)C)c(=O)c3ccccc23)cc1. The number of nitrogens with zero attached hydrogens (tertiary/aromatic N) is 2. The van der Waals surface area contributed by atoms with Crippen molar-refractivity contribution in [3.63, 3.8) is 0 Å². The summed E-state index contributed by atoms with van der Waals surface area (Å²) in [6.45, 7) is 7.38. The number of hydrogen-bond donors (Lipinski definition) is 0. The molecule has 1 heterocycles. The van der Waals surface area contributed by atoms with Gasteiger partial charge in [-0.3, -0.25) is 4.79 Å². The van der Waals surface area contributed by atoms with Crippen LogP contribution < -0.4 is 15.0 Å². The molecule has 0 amide bonds. The van der Waals surface area contributed by atoms with E-state index in [1.165, 1.54) is 4.68 Å². The first kappa shape index (κ1) is 22.3. The van der Waals surface area contributed by atoms with E-state index in [-0.39, 0.29) is 30.4 Å². The smallest absolute Gasteiger partial charge is 0.359 e. The highest BCUT2D eigenvalue weighted by molar-refractivity contribution is 6.02. The lowest BCUT2D eigenvalue weighted by atomic mass is 10.1. The summed E-state index contributed by atoms with van der Waals surface area (Å²) in [5, 5.41) is 5.22. The lowest BCUT2D eigenvalue weighted by molar-refractivity contribution is 0.0443. The zero-order chi connectivity index (χ0) is 22.2. The van der Waals surface area contributed by atoms with Crippen LogP contribution in [0.4, 0.5) is 0 Å². The van der Waals surface area contributed by atoms with Gasteiger partial charge in [-0.1, -0.05) is 39.0 Å². The second-order valence-corrected chi connectivity index (χ2v) is 7.58. The van der Waals surface area contributed by atoms with Crippen molar-refractivity contribution in [3.05, 3.63) is 64.6 Å². The maximum Gasteiger partial charge on any atom is 0.359 e. The van der Waals surface area contributed by atoms with Gasteiger partial charge in [0.15, 0.2) is 5.69 Å². The van der Waals surface area contributed by atoms with Crippen LogP contribution in [0.15, 0.2) is 53.3 Å². The minimum atomic E-state index is -0.583. The van der Waals surface area contributed by atoms with Gasteiger partial charge in [-0.25, -0.2) is 9.48 Å². The van der Waals surface area contributed by atoms with Crippen LogP contribution in [0.25, 0.3) is 10.8 Å². The van der Waals surface area contributed by atoms with E-state index in [9.17, 15) is 9.59 Å². The molecule has 0 saturated heterocycles. The Hall–Kier alpha value is -3.35. The fraction of sp³-hybridized carbons (Fsp3) is 0.375. The topological polar surface area (TPSA) is 79.7 Å². The van der Waals surface area contributed by atoms with Crippen LogP contribution in [-0.2, 0) is 11.3 Å². The molecular weight excluding hydrogens is 396 g/mol. The number of ether oxygens (including phenoxy) is 3. The number of hydrogen-bond acceptors (Lipinski definition) is 6. The highest BCUT2D eigenvalue weighted by Gasteiger charge is 2.18. The number of carbonyl (C=O) groups excluding carboxylic acids is 1. The largest absolute Gasteiger partial charge is 0.494 e. The first-order valence-electron chi connectivity index (χ1n) is 10.5. The fourth-order valence-corrected chi connectivity index (χ4v) is 3.07. The molecule has 3 rings (SSSR count). The summed E-state index contributed by atoms with van der Waals surface area (Å²) < 4.78 is 17.9. The molecule has 0 bridgehead atoms. The molecule has 0 atom stereocenters. The number of benzene rings is 2. The van der Waals surface area contributed by atoms with Crippen LogP contribution in [0.2, 0.25) is 0 Å². The number of aromatic nitrogens is 2. The molecular formula is C24H28N2O5. The molecule has 0 aliphatic carbocycles. The molecule has 1 aromatic heterocycles. The molecule has 7 heteroatoms. The number of fused-ring (bicyclic) bond motifs is 1. The average molecular weight is 424 g/mol. The van der Waals surface area contributed by atoms with Crippen molar-refractivity contribution in [1.29, 1.82) is 0 Å². The standard InChI is InChI=1S/C24H28N2O5/c1-4-13-29-18-9-11-19(12-10-18)30-14-15-31-24(28)22-20-7-5-6-8-21(20)23(27)26(25-22)16-17(2)3/h5-12,17H,4,13-16H2,1-3H3. The van der Waals surface area contributed by atoms with Gasteiger partial charge in [0, 0.05) is 11.9 Å². The van der Waals surface area contributed by atoms with Gasteiger partial charge in [0.2, 0.25) is 0 Å². The summed E-state index contributed by atoms with van der Waals surface area (Å²) in [6.07, 6.45) is 0.947. The summed E-state index contributed by atoms with van der Waals surface area (Å²) in [5.74, 6) is 1.08. The molecule has 0 fully saturated rings. The predicted octanol–water partition coefficient (Wildman–Crippen LogP) is 4.08. The van der Waals surface area contributed by atoms with E-state index < -0.39 is 5.97 Å². The lowest BCUT2D eigenvalue weighted by Crippen LogP contribution is -2.28. The third-order valence-electron chi connectivity index (χ3n) is 4.48. The van der Waals surface area contributed by atoms with E-state index >= 15 is 0 Å². The Balaban J connectivity index is 1.64. The van der Waals surface area contributed by atoms with Crippen LogP contribution in [0, 0.1) is 5.92 Å². The maximum atomic E-state index is 12.7. The highest BCUT2D eigenvalue weighted by atomic mass is 16.6. The summed E-state index contributed by atoms with van der Waals surface area (Å²) in [4.78, 5) is 25.3. The number of rotatable bonds is 10. The molecule has 31 heavy (non-hydrogen) atoms. The molecule has 0 saturated carbocycles. The van der Waals surface area contributed by atoms with E-state index in [1.54, 1.807) is 24.3 Å². The number of carbonyl (C=O) groups is 1. The molecule has 0 N–H and O–H groups in total. The Morgan fingerprint density at radius 1 is 0.935 bits per heavy atom. The van der Waals surface area contributed by atoms with Gasteiger partial charge in [-0.05, 0) is 42.7 Å². The summed E-state index contributed by atoms with van der Waals surface area (Å²) in [5.41, 5.74) is -0.0798. The molecule has 0 unspecified atom stereocenters. The van der Waals surface area contributed by atoms with E-state index in [1.807, 2.05) is 38.1 Å². The van der Waals surface area contributed by atoms with Crippen molar-refractivity contribution < 1.29 is 19.0 Å². The molecule has 0 aliphatic rings. The van der Waals surface area contributed by atoms with Gasteiger partial charge in [0.05, 0.1) is 12.0 Å². The van der Waals surface area contributed by atoms with Crippen molar-refractivity contribution in [2.75, 3.05) is 19.8 Å².